The number of sulfonamides is 1. The second-order valence-electron chi connectivity index (χ2n) is 8.77. The molecule has 34 heavy (non-hydrogen) atoms. The van der Waals surface area contributed by atoms with Crippen LogP contribution in [-0.4, -0.2) is 19.5 Å². The third-order valence-electron chi connectivity index (χ3n) is 6.80. The third kappa shape index (κ3) is 3.96. The van der Waals surface area contributed by atoms with Crippen LogP contribution in [0.5, 0.6) is 0 Å². The maximum absolute atomic E-state index is 13.2. The highest BCUT2D eigenvalue weighted by atomic mass is 32.2. The highest BCUT2D eigenvalue weighted by Gasteiger charge is 2.38. The maximum Gasteiger partial charge on any atom is 0.335 e. The Bertz CT molecular complexity index is 1380. The summed E-state index contributed by atoms with van der Waals surface area (Å²) in [4.78, 5) is 11.5. The molecule has 1 aliphatic heterocycles. The molecule has 2 aliphatic rings. The Labute approximate surface area is 199 Å². The lowest BCUT2D eigenvalue weighted by atomic mass is 9.77. The number of aryl methyl sites for hydroxylation is 1. The molecule has 174 valence electrons. The molecular weight excluding hydrogens is 448 g/mol. The summed E-state index contributed by atoms with van der Waals surface area (Å²) in [6, 6.07) is 19.6. The number of anilines is 2. The van der Waals surface area contributed by atoms with Gasteiger partial charge < -0.3 is 10.4 Å². The summed E-state index contributed by atoms with van der Waals surface area (Å²) in [6.45, 7) is 2.00. The summed E-state index contributed by atoms with van der Waals surface area (Å²) < 4.78 is 29.2. The average Bonchev–Trinajstić information content (AvgIpc) is 3.34. The Kier molecular flexibility index (Phi) is 5.65. The van der Waals surface area contributed by atoms with E-state index in [1.165, 1.54) is 0 Å². The van der Waals surface area contributed by atoms with Gasteiger partial charge in [-0.3, -0.25) is 4.72 Å². The molecule has 3 atom stereocenters. The van der Waals surface area contributed by atoms with Crippen molar-refractivity contribution in [1.29, 1.82) is 0 Å². The van der Waals surface area contributed by atoms with Crippen LogP contribution < -0.4 is 10.0 Å². The van der Waals surface area contributed by atoms with Gasteiger partial charge in [0.05, 0.1) is 22.2 Å². The zero-order valence-electron chi connectivity index (χ0n) is 18.7. The Morgan fingerprint density at radius 3 is 2.59 bits per heavy atom. The lowest BCUT2D eigenvalue weighted by Crippen LogP contribution is -2.29. The predicted octanol–water partition coefficient (Wildman–Crippen LogP) is 5.57. The van der Waals surface area contributed by atoms with Crippen molar-refractivity contribution in [3.63, 3.8) is 0 Å². The van der Waals surface area contributed by atoms with Crippen LogP contribution in [0.2, 0.25) is 0 Å². The molecule has 0 radical (unpaired) electrons. The highest BCUT2D eigenvalue weighted by molar-refractivity contribution is 7.92. The predicted molar refractivity (Wildman–Crippen MR) is 133 cm³/mol. The van der Waals surface area contributed by atoms with E-state index in [2.05, 4.69) is 22.2 Å². The summed E-state index contributed by atoms with van der Waals surface area (Å²) in [6.07, 6.45) is 5.89. The fourth-order valence-corrected chi connectivity index (χ4v) is 6.17. The molecule has 0 fully saturated rings. The quantitative estimate of drug-likeness (QED) is 0.406. The summed E-state index contributed by atoms with van der Waals surface area (Å²) >= 11 is 0. The van der Waals surface area contributed by atoms with Crippen LogP contribution in [0.25, 0.3) is 0 Å². The number of allylic oxidation sites excluding steroid dienone is 2. The number of carboxylic acid groups (broad SMARTS) is 1. The molecule has 6 nitrogen and oxygen atoms in total. The molecule has 0 bridgehead atoms. The van der Waals surface area contributed by atoms with E-state index in [0.717, 1.165) is 35.2 Å². The van der Waals surface area contributed by atoms with Gasteiger partial charge >= 0.3 is 5.97 Å². The number of hydrogen-bond donors (Lipinski definition) is 3. The SMILES string of the molecule is CCc1ccccc1NS(=O)(=O)c1ccc2c(c1)[C@H]1C=CC[C@H]1[C@@H](c1ccc(C(=O)O)cc1)N2. The van der Waals surface area contributed by atoms with Gasteiger partial charge in [-0.1, -0.05) is 49.4 Å². The first-order chi connectivity index (χ1) is 16.4. The van der Waals surface area contributed by atoms with Gasteiger partial charge in [0.2, 0.25) is 0 Å². The topological polar surface area (TPSA) is 95.5 Å². The minimum absolute atomic E-state index is 0.00681. The van der Waals surface area contributed by atoms with Crippen molar-refractivity contribution in [1.82, 2.24) is 0 Å². The monoisotopic (exact) mass is 474 g/mol. The number of benzene rings is 3. The van der Waals surface area contributed by atoms with Crippen molar-refractivity contribution >= 4 is 27.4 Å². The van der Waals surface area contributed by atoms with Crippen molar-refractivity contribution in [3.8, 4) is 0 Å². The number of aromatic carboxylic acids is 1. The molecule has 0 amide bonds. The third-order valence-corrected chi connectivity index (χ3v) is 8.17. The van der Waals surface area contributed by atoms with E-state index in [1.54, 1.807) is 30.3 Å². The van der Waals surface area contributed by atoms with Gasteiger partial charge in [-0.25, -0.2) is 13.2 Å². The second-order valence-corrected chi connectivity index (χ2v) is 10.5. The second kappa shape index (κ2) is 8.65. The van der Waals surface area contributed by atoms with Crippen LogP contribution in [-0.2, 0) is 16.4 Å². The minimum atomic E-state index is -3.74. The maximum atomic E-state index is 13.2. The summed E-state index contributed by atoms with van der Waals surface area (Å²) in [5, 5.41) is 12.8. The van der Waals surface area contributed by atoms with Crippen molar-refractivity contribution in [3.05, 3.63) is 101 Å². The molecule has 7 heteroatoms. The van der Waals surface area contributed by atoms with E-state index in [1.807, 2.05) is 43.3 Å². The molecule has 0 saturated carbocycles. The molecule has 1 aliphatic carbocycles. The molecule has 1 heterocycles. The molecule has 0 aromatic heterocycles. The van der Waals surface area contributed by atoms with Gasteiger partial charge in [-0.2, -0.15) is 0 Å². The number of carbonyl (C=O) groups is 1. The van der Waals surface area contributed by atoms with Gasteiger partial charge in [0, 0.05) is 11.6 Å². The first-order valence-electron chi connectivity index (χ1n) is 11.4. The molecule has 3 aromatic carbocycles. The number of rotatable bonds is 6. The Balaban J connectivity index is 1.47. The van der Waals surface area contributed by atoms with Gasteiger partial charge in [0.25, 0.3) is 10.0 Å². The van der Waals surface area contributed by atoms with Crippen molar-refractivity contribution in [2.24, 2.45) is 5.92 Å². The molecule has 5 rings (SSSR count). The summed E-state index contributed by atoms with van der Waals surface area (Å²) in [5.41, 5.74) is 4.68. The normalized spacial score (nSPS) is 20.8. The van der Waals surface area contributed by atoms with Crippen LogP contribution in [0.15, 0.2) is 83.8 Å². The van der Waals surface area contributed by atoms with Crippen molar-refractivity contribution in [2.75, 3.05) is 10.0 Å². The van der Waals surface area contributed by atoms with Crippen LogP contribution in [0.1, 0.15) is 52.4 Å². The Morgan fingerprint density at radius 2 is 1.85 bits per heavy atom. The fourth-order valence-electron chi connectivity index (χ4n) is 5.03. The molecule has 0 saturated heterocycles. The average molecular weight is 475 g/mol. The molecule has 3 N–H and O–H groups in total. The van der Waals surface area contributed by atoms with E-state index in [-0.39, 0.29) is 28.3 Å². The standard InChI is InChI=1S/C27H26N2O4S/c1-2-17-6-3-4-9-24(17)29-34(32,33)20-14-15-25-23(16-20)21-7-5-8-22(21)26(28-25)18-10-12-19(13-11-18)27(30)31/h3-7,9-16,21-22,26,28-29H,2,8H2,1H3,(H,30,31)/t21-,22+,26+/m0/s1. The number of carboxylic acids is 1. The molecule has 0 unspecified atom stereocenters. The lowest BCUT2D eigenvalue weighted by molar-refractivity contribution is 0.0697. The lowest BCUT2D eigenvalue weighted by Gasteiger charge is -2.37. The van der Waals surface area contributed by atoms with Crippen molar-refractivity contribution < 1.29 is 18.3 Å². The summed E-state index contributed by atoms with van der Waals surface area (Å²) in [7, 11) is -3.74. The summed E-state index contributed by atoms with van der Waals surface area (Å²) in [5.74, 6) is -0.647. The zero-order valence-corrected chi connectivity index (χ0v) is 19.5. The van der Waals surface area contributed by atoms with Gasteiger partial charge in [-0.05, 0) is 71.8 Å². The number of hydrogen-bond acceptors (Lipinski definition) is 4. The van der Waals surface area contributed by atoms with Crippen LogP contribution in [0.3, 0.4) is 0 Å². The smallest absolute Gasteiger partial charge is 0.335 e. The molecular formula is C27H26N2O4S. The number of para-hydroxylation sites is 1. The number of nitrogens with one attached hydrogen (secondary N) is 2. The van der Waals surface area contributed by atoms with E-state index >= 15 is 0 Å². The molecule has 3 aromatic rings. The van der Waals surface area contributed by atoms with E-state index in [0.29, 0.717) is 5.69 Å². The molecule has 0 spiro atoms. The van der Waals surface area contributed by atoms with Gasteiger partial charge in [0.1, 0.15) is 0 Å². The van der Waals surface area contributed by atoms with Crippen LogP contribution in [0.4, 0.5) is 11.4 Å². The van der Waals surface area contributed by atoms with Gasteiger partial charge in [-0.15, -0.1) is 0 Å². The Morgan fingerprint density at radius 1 is 1.09 bits per heavy atom. The van der Waals surface area contributed by atoms with Crippen LogP contribution >= 0.6 is 0 Å². The van der Waals surface area contributed by atoms with E-state index in [9.17, 15) is 18.3 Å². The van der Waals surface area contributed by atoms with Crippen molar-refractivity contribution in [2.45, 2.75) is 36.6 Å². The highest BCUT2D eigenvalue weighted by Crippen LogP contribution is 2.50. The van der Waals surface area contributed by atoms with E-state index in [4.69, 9.17) is 0 Å². The fraction of sp³-hybridized carbons (Fsp3) is 0.222. The van der Waals surface area contributed by atoms with E-state index < -0.39 is 16.0 Å². The zero-order chi connectivity index (χ0) is 23.9. The Hall–Kier alpha value is -3.58. The number of fused-ring (bicyclic) bond motifs is 3. The largest absolute Gasteiger partial charge is 0.478 e. The van der Waals surface area contributed by atoms with Crippen LogP contribution in [0, 0.1) is 5.92 Å². The first kappa shape index (κ1) is 22.2. The first-order valence-corrected chi connectivity index (χ1v) is 12.9. The van der Waals surface area contributed by atoms with Gasteiger partial charge in [0.15, 0.2) is 0 Å². The minimum Gasteiger partial charge on any atom is -0.478 e.